The number of nitriles is 1. The first-order valence-electron chi connectivity index (χ1n) is 7.25. The van der Waals surface area contributed by atoms with Crippen molar-refractivity contribution >= 4 is 5.91 Å². The van der Waals surface area contributed by atoms with E-state index in [2.05, 4.69) is 0 Å². The first kappa shape index (κ1) is 15.3. The van der Waals surface area contributed by atoms with Gasteiger partial charge in [0, 0.05) is 18.7 Å². The minimum absolute atomic E-state index is 0.104. The number of nitrogens with zero attached hydrogens (tertiary/aromatic N) is 2. The van der Waals surface area contributed by atoms with Crippen molar-refractivity contribution in [2.75, 3.05) is 26.3 Å². The fraction of sp³-hybridized carbons (Fsp3) is 0.500. The van der Waals surface area contributed by atoms with Gasteiger partial charge >= 0.3 is 0 Å². The largest absolute Gasteiger partial charge is 0.491 e. The first-order valence-corrected chi connectivity index (χ1v) is 7.25. The molecule has 0 unspecified atom stereocenters. The minimum atomic E-state index is -0.135. The quantitative estimate of drug-likeness (QED) is 0.753. The van der Waals surface area contributed by atoms with E-state index < -0.39 is 0 Å². The van der Waals surface area contributed by atoms with Gasteiger partial charge in [0.15, 0.2) is 0 Å². The highest BCUT2D eigenvalue weighted by atomic mass is 16.5. The number of carbonyl (C=O) groups is 1. The summed E-state index contributed by atoms with van der Waals surface area (Å²) in [6.45, 7) is 3.83. The van der Waals surface area contributed by atoms with E-state index in [1.54, 1.807) is 24.3 Å². The molecule has 0 bridgehead atoms. The zero-order valence-electron chi connectivity index (χ0n) is 12.2. The Balaban J connectivity index is 1.91. The molecule has 1 heterocycles. The Bertz CT molecular complexity index is 501. The molecular weight excluding hydrogens is 268 g/mol. The lowest BCUT2D eigenvalue weighted by atomic mass is 10.2. The van der Waals surface area contributed by atoms with Crippen LogP contribution in [0, 0.1) is 11.3 Å². The summed E-state index contributed by atoms with van der Waals surface area (Å²) in [6.07, 6.45) is 2.31. The molecule has 1 fully saturated rings. The fourth-order valence-corrected chi connectivity index (χ4v) is 2.25. The predicted octanol–water partition coefficient (Wildman–Crippen LogP) is 2.23. The second-order valence-electron chi connectivity index (χ2n) is 4.95. The maximum absolute atomic E-state index is 12.2. The molecule has 0 N–H and O–H groups in total. The molecule has 0 radical (unpaired) electrons. The highest BCUT2D eigenvalue weighted by Crippen LogP contribution is 2.17. The Hall–Kier alpha value is -2.06. The number of amides is 1. The third kappa shape index (κ3) is 4.20. The van der Waals surface area contributed by atoms with Gasteiger partial charge < -0.3 is 14.4 Å². The Morgan fingerprint density at radius 3 is 2.81 bits per heavy atom. The summed E-state index contributed by atoms with van der Waals surface area (Å²) in [5.74, 6) is 0.593. The van der Waals surface area contributed by atoms with Gasteiger partial charge in [0.05, 0.1) is 12.2 Å². The van der Waals surface area contributed by atoms with Gasteiger partial charge in [0.25, 0.3) is 5.91 Å². The third-order valence-corrected chi connectivity index (χ3v) is 3.49. The Labute approximate surface area is 125 Å². The van der Waals surface area contributed by atoms with E-state index in [9.17, 15) is 4.79 Å². The average molecular weight is 288 g/mol. The Kier molecular flexibility index (Phi) is 5.59. The number of carbonyl (C=O) groups excluding carboxylic acids is 1. The van der Waals surface area contributed by atoms with Crippen LogP contribution in [0.2, 0.25) is 0 Å². The van der Waals surface area contributed by atoms with Crippen molar-refractivity contribution in [2.45, 2.75) is 25.9 Å². The lowest BCUT2D eigenvalue weighted by molar-refractivity contribution is 0.0679. The van der Waals surface area contributed by atoms with Crippen LogP contribution in [0.25, 0.3) is 0 Å². The van der Waals surface area contributed by atoms with Crippen LogP contribution in [-0.4, -0.2) is 43.2 Å². The predicted molar refractivity (Wildman–Crippen MR) is 78.1 cm³/mol. The van der Waals surface area contributed by atoms with Gasteiger partial charge in [-0.1, -0.05) is 0 Å². The molecule has 0 aliphatic carbocycles. The van der Waals surface area contributed by atoms with Crippen molar-refractivity contribution in [3.63, 3.8) is 0 Å². The molecule has 5 nitrogen and oxygen atoms in total. The number of hydrogen-bond donors (Lipinski definition) is 0. The number of rotatable bonds is 6. The first-order chi connectivity index (χ1) is 10.2. The van der Waals surface area contributed by atoms with Crippen molar-refractivity contribution in [2.24, 2.45) is 0 Å². The maximum atomic E-state index is 12.2. The van der Waals surface area contributed by atoms with E-state index in [1.807, 2.05) is 13.0 Å². The SMILES string of the molecule is CCN(CC#N)C(=O)c1ccc(OC[C@@H]2CCCO2)cc1. The summed E-state index contributed by atoms with van der Waals surface area (Å²) in [6, 6.07) is 9.02. The zero-order chi connectivity index (χ0) is 15.1. The van der Waals surface area contributed by atoms with Gasteiger partial charge in [-0.15, -0.1) is 0 Å². The van der Waals surface area contributed by atoms with Crippen LogP contribution in [0.3, 0.4) is 0 Å². The molecule has 1 amide bonds. The molecule has 0 saturated carbocycles. The Morgan fingerprint density at radius 2 is 2.24 bits per heavy atom. The van der Waals surface area contributed by atoms with Crippen LogP contribution < -0.4 is 4.74 Å². The molecule has 1 aromatic rings. The molecule has 5 heteroatoms. The topological polar surface area (TPSA) is 62.6 Å². The molecular formula is C16H20N2O3. The van der Waals surface area contributed by atoms with Gasteiger partial charge in [-0.25, -0.2) is 0 Å². The van der Waals surface area contributed by atoms with Gasteiger partial charge in [-0.05, 0) is 44.0 Å². The fourth-order valence-electron chi connectivity index (χ4n) is 2.25. The standard InChI is InChI=1S/C16H20N2O3/c1-2-18(10-9-17)16(19)13-5-7-14(8-6-13)21-12-15-4-3-11-20-15/h5-8,15H,2-4,10-12H2,1H3/t15-/m0/s1. The van der Waals surface area contributed by atoms with E-state index >= 15 is 0 Å². The number of ether oxygens (including phenoxy) is 2. The van der Waals surface area contributed by atoms with Gasteiger partial charge in [-0.2, -0.15) is 5.26 Å². The van der Waals surface area contributed by atoms with Gasteiger partial charge in [-0.3, -0.25) is 4.79 Å². The molecule has 1 aliphatic heterocycles. The van der Waals surface area contributed by atoms with Crippen LogP contribution in [-0.2, 0) is 4.74 Å². The highest BCUT2D eigenvalue weighted by Gasteiger charge is 2.16. The molecule has 1 saturated heterocycles. The number of hydrogen-bond acceptors (Lipinski definition) is 4. The molecule has 0 spiro atoms. The smallest absolute Gasteiger partial charge is 0.254 e. The van der Waals surface area contributed by atoms with Crippen molar-refractivity contribution in [1.29, 1.82) is 5.26 Å². The van der Waals surface area contributed by atoms with E-state index in [0.29, 0.717) is 18.7 Å². The highest BCUT2D eigenvalue weighted by molar-refractivity contribution is 5.94. The van der Waals surface area contributed by atoms with Crippen molar-refractivity contribution in [1.82, 2.24) is 4.90 Å². The van der Waals surface area contributed by atoms with Crippen LogP contribution in [0.15, 0.2) is 24.3 Å². The Morgan fingerprint density at radius 1 is 1.48 bits per heavy atom. The second-order valence-corrected chi connectivity index (χ2v) is 4.95. The summed E-state index contributed by atoms with van der Waals surface area (Å²) in [5.41, 5.74) is 0.566. The lowest BCUT2D eigenvalue weighted by Gasteiger charge is -2.17. The second kappa shape index (κ2) is 7.65. The molecule has 0 aromatic heterocycles. The molecule has 1 aromatic carbocycles. The molecule has 2 rings (SSSR count). The number of benzene rings is 1. The molecule has 112 valence electrons. The van der Waals surface area contributed by atoms with Crippen LogP contribution in [0.5, 0.6) is 5.75 Å². The molecule has 21 heavy (non-hydrogen) atoms. The van der Waals surface area contributed by atoms with Crippen molar-refractivity contribution in [3.05, 3.63) is 29.8 Å². The summed E-state index contributed by atoms with van der Waals surface area (Å²) in [5, 5.41) is 8.71. The summed E-state index contributed by atoms with van der Waals surface area (Å²) in [4.78, 5) is 13.7. The van der Waals surface area contributed by atoms with Crippen LogP contribution in [0.4, 0.5) is 0 Å². The molecule has 1 atom stereocenters. The van der Waals surface area contributed by atoms with E-state index in [-0.39, 0.29) is 18.6 Å². The van der Waals surface area contributed by atoms with E-state index in [1.165, 1.54) is 4.90 Å². The maximum Gasteiger partial charge on any atom is 0.254 e. The van der Waals surface area contributed by atoms with E-state index in [4.69, 9.17) is 14.7 Å². The molecule has 1 aliphatic rings. The monoisotopic (exact) mass is 288 g/mol. The summed E-state index contributed by atoms with van der Waals surface area (Å²) < 4.78 is 11.1. The normalized spacial score (nSPS) is 17.2. The third-order valence-electron chi connectivity index (χ3n) is 3.49. The summed E-state index contributed by atoms with van der Waals surface area (Å²) in [7, 11) is 0. The minimum Gasteiger partial charge on any atom is -0.491 e. The van der Waals surface area contributed by atoms with Gasteiger partial charge in [0.2, 0.25) is 0 Å². The van der Waals surface area contributed by atoms with Gasteiger partial charge in [0.1, 0.15) is 18.9 Å². The van der Waals surface area contributed by atoms with Crippen LogP contribution >= 0.6 is 0 Å². The lowest BCUT2D eigenvalue weighted by Crippen LogP contribution is -2.31. The summed E-state index contributed by atoms with van der Waals surface area (Å²) >= 11 is 0. The average Bonchev–Trinajstić information content (AvgIpc) is 3.04. The van der Waals surface area contributed by atoms with Crippen molar-refractivity contribution in [3.8, 4) is 11.8 Å². The van der Waals surface area contributed by atoms with Crippen LogP contribution in [0.1, 0.15) is 30.1 Å². The van der Waals surface area contributed by atoms with Crippen molar-refractivity contribution < 1.29 is 14.3 Å². The zero-order valence-corrected chi connectivity index (χ0v) is 12.2. The van der Waals surface area contributed by atoms with E-state index in [0.717, 1.165) is 25.2 Å².